The molecule has 2 aliphatic rings. The minimum Gasteiger partial charge on any atom is -0.371 e. The molecule has 0 radical (unpaired) electrons. The molecule has 1 fully saturated rings. The lowest BCUT2D eigenvalue weighted by molar-refractivity contribution is -0.140. The van der Waals surface area contributed by atoms with E-state index in [9.17, 15) is 26.6 Å². The molecular formula is C28H33F4N3O3S2. The number of anilines is 2. The molecule has 1 aromatic heterocycles. The number of methoxy groups -OCH3 is 1. The fraction of sp³-hybridized carbons (Fsp3) is 0.464. The predicted octanol–water partition coefficient (Wildman–Crippen LogP) is 6.22. The van der Waals surface area contributed by atoms with Crippen molar-refractivity contribution >= 4 is 44.4 Å². The summed E-state index contributed by atoms with van der Waals surface area (Å²) in [5.74, 6) is 3.42. The van der Waals surface area contributed by atoms with E-state index in [1.807, 2.05) is 13.0 Å². The maximum Gasteiger partial charge on any atom is 0.268 e. The summed E-state index contributed by atoms with van der Waals surface area (Å²) < 4.78 is 73.7. The number of benzene rings is 1. The van der Waals surface area contributed by atoms with Crippen molar-refractivity contribution in [3.63, 3.8) is 0 Å². The predicted molar refractivity (Wildman–Crippen MR) is 152 cm³/mol. The number of alkyl halides is 4. The number of fused-ring (bicyclic) bond motifs is 1. The van der Waals surface area contributed by atoms with Gasteiger partial charge >= 0.3 is 0 Å². The van der Waals surface area contributed by atoms with Crippen molar-refractivity contribution in [2.45, 2.75) is 56.2 Å². The Morgan fingerprint density at radius 1 is 1.18 bits per heavy atom. The number of carbonyl (C=O) groups excluding carboxylic acids is 1. The minimum absolute atomic E-state index is 0.233. The first-order valence-electron chi connectivity index (χ1n) is 12.8. The van der Waals surface area contributed by atoms with Crippen LogP contribution in [0.15, 0.2) is 46.5 Å². The highest BCUT2D eigenvalue weighted by Crippen LogP contribution is 2.42. The molecule has 3 heterocycles. The Labute approximate surface area is 236 Å². The van der Waals surface area contributed by atoms with Crippen LogP contribution in [0.5, 0.6) is 0 Å². The van der Waals surface area contributed by atoms with Crippen molar-refractivity contribution in [1.29, 1.82) is 0 Å². The van der Waals surface area contributed by atoms with Gasteiger partial charge in [0.2, 0.25) is 5.91 Å². The number of rotatable bonds is 9. The van der Waals surface area contributed by atoms with E-state index in [0.717, 1.165) is 9.81 Å². The SMILES string of the molecule is C=S1(=O)CCC(C(=O)N(C)[C@@H](c2ccc(Nc3cnc4c(c3[C@H](OC)C(F)F)CC=C(C)S4)cc2)C(F)F)CC1. The smallest absolute Gasteiger partial charge is 0.268 e. The molecular weight excluding hydrogens is 566 g/mol. The largest absolute Gasteiger partial charge is 0.371 e. The van der Waals surface area contributed by atoms with E-state index in [0.29, 0.717) is 58.3 Å². The van der Waals surface area contributed by atoms with Crippen LogP contribution in [0.3, 0.4) is 0 Å². The number of halogens is 4. The average Bonchev–Trinajstić information content (AvgIpc) is 2.90. The van der Waals surface area contributed by atoms with Crippen molar-refractivity contribution < 1.29 is 31.3 Å². The van der Waals surface area contributed by atoms with Gasteiger partial charge in [0.1, 0.15) is 17.2 Å². The number of hydrogen-bond donors (Lipinski definition) is 1. The van der Waals surface area contributed by atoms with Crippen LogP contribution in [0.4, 0.5) is 28.9 Å². The molecule has 2 aliphatic heterocycles. The molecule has 2 aromatic rings. The molecule has 1 aromatic carbocycles. The molecule has 1 saturated heterocycles. The first-order chi connectivity index (χ1) is 18.9. The first-order valence-corrected chi connectivity index (χ1v) is 15.7. The number of carbonyl (C=O) groups is 1. The van der Waals surface area contributed by atoms with Crippen molar-refractivity contribution in [2.75, 3.05) is 31.0 Å². The standard InChI is InChI=1S/C28H33F4N3O3S2/c1-16-5-10-20-22(24(38-3)26(31)32)21(15-33-27(20)39-16)34-19-8-6-17(7-9-19)23(25(29)30)35(2)28(36)18-11-13-40(4,37)14-12-18/h5-9,15,18,23-26,34H,4,10-14H2,1-3H3/t18?,23-,24-,40?/m0/s1. The van der Waals surface area contributed by atoms with Crippen LogP contribution in [0.2, 0.25) is 0 Å². The monoisotopic (exact) mass is 599 g/mol. The molecule has 0 bridgehead atoms. The van der Waals surface area contributed by atoms with E-state index < -0.39 is 46.3 Å². The number of amides is 1. The van der Waals surface area contributed by atoms with Crippen LogP contribution >= 0.6 is 11.8 Å². The van der Waals surface area contributed by atoms with Crippen LogP contribution in [0.1, 0.15) is 48.6 Å². The van der Waals surface area contributed by atoms with Crippen molar-refractivity contribution in [3.05, 3.63) is 58.1 Å². The molecule has 218 valence electrons. The fourth-order valence-corrected chi connectivity index (χ4v) is 7.66. The number of allylic oxidation sites excluding steroid dienone is 2. The van der Waals surface area contributed by atoms with Gasteiger partial charge in [0.15, 0.2) is 0 Å². The van der Waals surface area contributed by atoms with E-state index in [1.165, 1.54) is 44.2 Å². The Balaban J connectivity index is 1.57. The van der Waals surface area contributed by atoms with Crippen LogP contribution in [-0.4, -0.2) is 64.4 Å². The number of aromatic nitrogens is 1. The van der Waals surface area contributed by atoms with E-state index in [-0.39, 0.29) is 5.56 Å². The van der Waals surface area contributed by atoms with Gasteiger partial charge in [-0.1, -0.05) is 30.0 Å². The molecule has 0 aliphatic carbocycles. The number of nitrogens with one attached hydrogen (secondary N) is 1. The van der Waals surface area contributed by atoms with Gasteiger partial charge in [-0.3, -0.25) is 9.00 Å². The summed E-state index contributed by atoms with van der Waals surface area (Å²) in [6, 6.07) is 4.63. The third kappa shape index (κ3) is 6.66. The maximum absolute atomic E-state index is 14.2. The molecule has 1 amide bonds. The highest BCUT2D eigenvalue weighted by Gasteiger charge is 2.35. The van der Waals surface area contributed by atoms with Crippen LogP contribution in [0, 0.1) is 5.92 Å². The number of thioether (sulfide) groups is 1. The van der Waals surface area contributed by atoms with Gasteiger partial charge in [0.05, 0.1) is 11.9 Å². The lowest BCUT2D eigenvalue weighted by Gasteiger charge is -2.33. The van der Waals surface area contributed by atoms with Gasteiger partial charge < -0.3 is 15.0 Å². The number of nitrogens with zero attached hydrogens (tertiary/aromatic N) is 2. The van der Waals surface area contributed by atoms with E-state index in [2.05, 4.69) is 16.2 Å². The van der Waals surface area contributed by atoms with E-state index in [1.54, 1.807) is 12.1 Å². The Morgan fingerprint density at radius 2 is 1.82 bits per heavy atom. The van der Waals surface area contributed by atoms with Crippen LogP contribution in [0.25, 0.3) is 0 Å². The lowest BCUT2D eigenvalue weighted by Crippen LogP contribution is -2.41. The van der Waals surface area contributed by atoms with Gasteiger partial charge in [-0.05, 0) is 69.7 Å². The van der Waals surface area contributed by atoms with Gasteiger partial charge in [-0.25, -0.2) is 22.5 Å². The highest BCUT2D eigenvalue weighted by atomic mass is 32.2. The Kier molecular flexibility index (Phi) is 9.51. The van der Waals surface area contributed by atoms with Gasteiger partial charge in [-0.2, -0.15) is 0 Å². The fourth-order valence-electron chi connectivity index (χ4n) is 5.13. The molecule has 1 N–H and O–H groups in total. The highest BCUT2D eigenvalue weighted by molar-refractivity contribution is 8.03. The van der Waals surface area contributed by atoms with Gasteiger partial charge in [0, 0.05) is 42.8 Å². The molecule has 2 atom stereocenters. The van der Waals surface area contributed by atoms with Crippen molar-refractivity contribution in [1.82, 2.24) is 9.88 Å². The van der Waals surface area contributed by atoms with Crippen LogP contribution < -0.4 is 5.32 Å². The Morgan fingerprint density at radius 3 is 2.40 bits per heavy atom. The summed E-state index contributed by atoms with van der Waals surface area (Å²) in [6.07, 6.45) is -2.53. The minimum atomic E-state index is -2.84. The molecule has 6 nitrogen and oxygen atoms in total. The first kappa shape index (κ1) is 30.4. The zero-order valence-electron chi connectivity index (χ0n) is 22.5. The molecule has 12 heteroatoms. The molecule has 40 heavy (non-hydrogen) atoms. The summed E-state index contributed by atoms with van der Waals surface area (Å²) >= 11 is 1.40. The van der Waals surface area contributed by atoms with Gasteiger partial charge in [0.25, 0.3) is 12.9 Å². The summed E-state index contributed by atoms with van der Waals surface area (Å²) in [4.78, 5) is 19.6. The summed E-state index contributed by atoms with van der Waals surface area (Å²) in [5, 5.41) is 3.74. The normalized spacial score (nSPS) is 22.4. The Hall–Kier alpha value is -2.57. The number of ether oxygens (including phenoxy) is 1. The molecule has 4 rings (SSSR count). The second kappa shape index (κ2) is 12.5. The molecule has 0 spiro atoms. The second-order valence-electron chi connectivity index (χ2n) is 10.1. The number of pyridine rings is 1. The second-order valence-corrected chi connectivity index (χ2v) is 14.1. The third-order valence-electron chi connectivity index (χ3n) is 7.36. The van der Waals surface area contributed by atoms with E-state index >= 15 is 0 Å². The molecule has 0 saturated carbocycles. The zero-order valence-corrected chi connectivity index (χ0v) is 24.2. The van der Waals surface area contributed by atoms with Crippen molar-refractivity contribution in [3.8, 4) is 0 Å². The van der Waals surface area contributed by atoms with E-state index in [4.69, 9.17) is 4.74 Å². The Bertz CT molecular complexity index is 1350. The lowest BCUT2D eigenvalue weighted by atomic mass is 9.98. The summed E-state index contributed by atoms with van der Waals surface area (Å²) in [5.41, 5.74) is 2.00. The molecule has 0 unspecified atom stereocenters. The van der Waals surface area contributed by atoms with Crippen LogP contribution in [-0.2, 0) is 25.5 Å². The average molecular weight is 600 g/mol. The van der Waals surface area contributed by atoms with Gasteiger partial charge in [-0.15, -0.1) is 0 Å². The van der Waals surface area contributed by atoms with Crippen molar-refractivity contribution in [2.24, 2.45) is 5.92 Å². The topological polar surface area (TPSA) is 71.5 Å². The summed E-state index contributed by atoms with van der Waals surface area (Å²) in [6.45, 7) is 1.93. The summed E-state index contributed by atoms with van der Waals surface area (Å²) in [7, 11) is 0.385. The number of hydrogen-bond acceptors (Lipinski definition) is 6. The zero-order chi connectivity index (χ0) is 29.2. The maximum atomic E-state index is 14.2. The third-order valence-corrected chi connectivity index (χ3v) is 10.4. The quantitative estimate of drug-likeness (QED) is 0.273.